The lowest BCUT2D eigenvalue weighted by molar-refractivity contribution is -0.0764. The minimum Gasteiger partial charge on any atom is -0.395 e. The summed E-state index contributed by atoms with van der Waals surface area (Å²) in [6.45, 7) is 9.36. The first-order valence-electron chi connectivity index (χ1n) is 7.85. The summed E-state index contributed by atoms with van der Waals surface area (Å²) in [4.78, 5) is 0. The molecule has 0 aromatic heterocycles. The van der Waals surface area contributed by atoms with Gasteiger partial charge in [0, 0.05) is 19.8 Å². The summed E-state index contributed by atoms with van der Waals surface area (Å²) in [6.07, 6.45) is 3.01. The zero-order valence-corrected chi connectivity index (χ0v) is 13.9. The van der Waals surface area contributed by atoms with Gasteiger partial charge in [0.1, 0.15) is 0 Å². The van der Waals surface area contributed by atoms with Crippen molar-refractivity contribution in [2.75, 3.05) is 33.0 Å². The largest absolute Gasteiger partial charge is 0.395 e. The maximum absolute atomic E-state index is 9.57. The second kappa shape index (κ2) is 10.9. The molecule has 0 aromatic carbocycles. The molecule has 0 saturated carbocycles. The van der Waals surface area contributed by atoms with Gasteiger partial charge in [0.25, 0.3) is 0 Å². The van der Waals surface area contributed by atoms with E-state index in [9.17, 15) is 5.11 Å². The maximum atomic E-state index is 9.57. The molecular formula is C15H30O4S. The molecule has 1 N–H and O–H groups in total. The third kappa shape index (κ3) is 5.53. The van der Waals surface area contributed by atoms with Crippen LogP contribution in [0, 0.1) is 0 Å². The third-order valence-corrected chi connectivity index (χ3v) is 4.77. The normalized spacial score (nSPS) is 30.0. The van der Waals surface area contributed by atoms with Gasteiger partial charge in [-0.2, -0.15) is 0 Å². The summed E-state index contributed by atoms with van der Waals surface area (Å²) in [5.74, 6) is 0. The molecule has 20 heavy (non-hydrogen) atoms. The summed E-state index contributed by atoms with van der Waals surface area (Å²) in [7, 11) is 0. The predicted molar refractivity (Wildman–Crippen MR) is 83.4 cm³/mol. The van der Waals surface area contributed by atoms with Crippen LogP contribution in [0.15, 0.2) is 0 Å². The van der Waals surface area contributed by atoms with Crippen molar-refractivity contribution in [1.29, 1.82) is 0 Å². The van der Waals surface area contributed by atoms with E-state index in [1.807, 2.05) is 0 Å². The van der Waals surface area contributed by atoms with Crippen LogP contribution in [0.3, 0.4) is 0 Å². The SMILES string of the molecule is CCCOC[C@@H]1SC(CO)[C@H](OCCC)[C@H]1OCCC. The van der Waals surface area contributed by atoms with Gasteiger partial charge in [-0.1, -0.05) is 20.8 Å². The van der Waals surface area contributed by atoms with Crippen molar-refractivity contribution < 1.29 is 19.3 Å². The average molecular weight is 306 g/mol. The lowest BCUT2D eigenvalue weighted by Crippen LogP contribution is -2.40. The first kappa shape index (κ1) is 18.2. The maximum Gasteiger partial charge on any atom is 0.0989 e. The van der Waals surface area contributed by atoms with E-state index in [4.69, 9.17) is 14.2 Å². The fraction of sp³-hybridized carbons (Fsp3) is 1.00. The number of ether oxygens (including phenoxy) is 3. The van der Waals surface area contributed by atoms with Gasteiger partial charge in [-0.05, 0) is 19.3 Å². The van der Waals surface area contributed by atoms with Crippen LogP contribution in [-0.2, 0) is 14.2 Å². The molecule has 4 nitrogen and oxygen atoms in total. The van der Waals surface area contributed by atoms with Crippen molar-refractivity contribution in [2.45, 2.75) is 62.7 Å². The van der Waals surface area contributed by atoms with Crippen LogP contribution >= 0.6 is 11.8 Å². The molecule has 1 aliphatic rings. The standard InChI is InChI=1S/C15H30O4S/c1-4-7-17-11-13-15(19-9-6-3)14(18-8-5-2)12(10-16)20-13/h12-16H,4-11H2,1-3H3/t12?,13-,14-,15-/m0/s1. The smallest absolute Gasteiger partial charge is 0.0989 e. The molecule has 0 bridgehead atoms. The molecule has 0 amide bonds. The van der Waals surface area contributed by atoms with Crippen LogP contribution in [0.25, 0.3) is 0 Å². The molecule has 1 fully saturated rings. The van der Waals surface area contributed by atoms with Gasteiger partial charge in [-0.3, -0.25) is 0 Å². The van der Waals surface area contributed by atoms with E-state index in [-0.39, 0.29) is 29.3 Å². The molecule has 1 heterocycles. The lowest BCUT2D eigenvalue weighted by Gasteiger charge is -2.25. The third-order valence-electron chi connectivity index (χ3n) is 3.25. The van der Waals surface area contributed by atoms with E-state index in [1.54, 1.807) is 11.8 Å². The summed E-state index contributed by atoms with van der Waals surface area (Å²) < 4.78 is 17.6. The molecule has 0 aromatic rings. The number of aliphatic hydroxyl groups excluding tert-OH is 1. The first-order chi connectivity index (χ1) is 9.78. The van der Waals surface area contributed by atoms with E-state index in [0.29, 0.717) is 6.61 Å². The number of aliphatic hydroxyl groups is 1. The van der Waals surface area contributed by atoms with Gasteiger partial charge < -0.3 is 19.3 Å². The van der Waals surface area contributed by atoms with Crippen molar-refractivity contribution in [3.63, 3.8) is 0 Å². The van der Waals surface area contributed by atoms with Gasteiger partial charge in [-0.15, -0.1) is 11.8 Å². The molecule has 5 heteroatoms. The Hall–Kier alpha value is 0.190. The second-order valence-electron chi connectivity index (χ2n) is 5.14. The van der Waals surface area contributed by atoms with E-state index >= 15 is 0 Å². The lowest BCUT2D eigenvalue weighted by atomic mass is 10.1. The average Bonchev–Trinajstić information content (AvgIpc) is 2.80. The minimum atomic E-state index is -0.0215. The Bertz CT molecular complexity index is 240. The highest BCUT2D eigenvalue weighted by Crippen LogP contribution is 2.38. The molecule has 120 valence electrons. The zero-order chi connectivity index (χ0) is 14.8. The highest BCUT2D eigenvalue weighted by atomic mass is 32.2. The molecule has 0 aliphatic carbocycles. The van der Waals surface area contributed by atoms with Crippen LogP contribution in [-0.4, -0.2) is 60.8 Å². The minimum absolute atomic E-state index is 0.0215. The Morgan fingerprint density at radius 2 is 1.40 bits per heavy atom. The number of hydrogen-bond acceptors (Lipinski definition) is 5. The van der Waals surface area contributed by atoms with Gasteiger partial charge in [0.05, 0.1) is 35.9 Å². The van der Waals surface area contributed by atoms with E-state index in [1.165, 1.54) is 0 Å². The number of hydrogen-bond donors (Lipinski definition) is 1. The highest BCUT2D eigenvalue weighted by Gasteiger charge is 2.45. The molecular weight excluding hydrogens is 276 g/mol. The number of rotatable bonds is 11. The second-order valence-corrected chi connectivity index (χ2v) is 6.62. The van der Waals surface area contributed by atoms with Crippen LogP contribution in [0.5, 0.6) is 0 Å². The molecule has 1 saturated heterocycles. The van der Waals surface area contributed by atoms with Crippen LogP contribution < -0.4 is 0 Å². The van der Waals surface area contributed by atoms with Crippen molar-refractivity contribution in [1.82, 2.24) is 0 Å². The monoisotopic (exact) mass is 306 g/mol. The highest BCUT2D eigenvalue weighted by molar-refractivity contribution is 8.01. The Kier molecular flexibility index (Phi) is 9.90. The summed E-state index contributed by atoms with van der Waals surface area (Å²) in [5, 5.41) is 9.92. The molecule has 0 spiro atoms. The summed E-state index contributed by atoms with van der Waals surface area (Å²) >= 11 is 1.75. The Balaban J connectivity index is 2.60. The van der Waals surface area contributed by atoms with Gasteiger partial charge >= 0.3 is 0 Å². The van der Waals surface area contributed by atoms with Gasteiger partial charge in [0.2, 0.25) is 0 Å². The molecule has 1 rings (SSSR count). The fourth-order valence-corrected chi connectivity index (χ4v) is 3.83. The van der Waals surface area contributed by atoms with E-state index < -0.39 is 0 Å². The summed E-state index contributed by atoms with van der Waals surface area (Å²) in [6, 6.07) is 0. The zero-order valence-electron chi connectivity index (χ0n) is 13.0. The van der Waals surface area contributed by atoms with Crippen molar-refractivity contribution in [2.24, 2.45) is 0 Å². The predicted octanol–water partition coefficient (Wildman–Crippen LogP) is 2.48. The van der Waals surface area contributed by atoms with Gasteiger partial charge in [-0.25, -0.2) is 0 Å². The van der Waals surface area contributed by atoms with Gasteiger partial charge in [0.15, 0.2) is 0 Å². The van der Waals surface area contributed by atoms with Crippen molar-refractivity contribution >= 4 is 11.8 Å². The van der Waals surface area contributed by atoms with Crippen molar-refractivity contribution in [3.05, 3.63) is 0 Å². The van der Waals surface area contributed by atoms with Crippen molar-refractivity contribution in [3.8, 4) is 0 Å². The Labute approximate surface area is 127 Å². The molecule has 1 unspecified atom stereocenters. The Morgan fingerprint density at radius 3 is 1.90 bits per heavy atom. The summed E-state index contributed by atoms with van der Waals surface area (Å²) in [5.41, 5.74) is 0. The molecule has 4 atom stereocenters. The van der Waals surface area contributed by atoms with Crippen LogP contribution in [0.4, 0.5) is 0 Å². The van der Waals surface area contributed by atoms with Crippen LogP contribution in [0.1, 0.15) is 40.0 Å². The fourth-order valence-electron chi connectivity index (χ4n) is 2.34. The molecule has 1 aliphatic heterocycles. The molecule has 0 radical (unpaired) electrons. The van der Waals surface area contributed by atoms with Crippen LogP contribution in [0.2, 0.25) is 0 Å². The van der Waals surface area contributed by atoms with E-state index in [0.717, 1.165) is 39.1 Å². The topological polar surface area (TPSA) is 47.9 Å². The first-order valence-corrected chi connectivity index (χ1v) is 8.79. The Morgan fingerprint density at radius 1 is 0.850 bits per heavy atom. The number of thioether (sulfide) groups is 1. The van der Waals surface area contributed by atoms with E-state index in [2.05, 4.69) is 20.8 Å². The quantitative estimate of drug-likeness (QED) is 0.594.